The van der Waals surface area contributed by atoms with Crippen LogP contribution in [0.1, 0.15) is 36.9 Å². The zero-order chi connectivity index (χ0) is 13.5. The summed E-state index contributed by atoms with van der Waals surface area (Å²) in [6.07, 6.45) is 7.30. The molecular formula is C15H21FN2. The number of hydrogen-bond acceptors (Lipinski definition) is 2. The number of terminal acetylenes is 1. The fraction of sp³-hybridized carbons (Fsp3) is 0.467. The van der Waals surface area contributed by atoms with Crippen molar-refractivity contribution in [2.24, 2.45) is 5.73 Å². The Balaban J connectivity index is 2.89. The summed E-state index contributed by atoms with van der Waals surface area (Å²) in [6, 6.07) is 4.73. The molecule has 3 heteroatoms. The zero-order valence-electron chi connectivity index (χ0n) is 11.0. The molecule has 0 aliphatic heterocycles. The second-order valence-electron chi connectivity index (χ2n) is 4.49. The molecule has 0 bridgehead atoms. The van der Waals surface area contributed by atoms with Gasteiger partial charge in [0, 0.05) is 18.2 Å². The van der Waals surface area contributed by atoms with Gasteiger partial charge < -0.3 is 5.73 Å². The summed E-state index contributed by atoms with van der Waals surface area (Å²) in [4.78, 5) is 0. The zero-order valence-corrected chi connectivity index (χ0v) is 11.0. The van der Waals surface area contributed by atoms with Crippen LogP contribution in [0.4, 0.5) is 4.39 Å². The van der Waals surface area contributed by atoms with Gasteiger partial charge >= 0.3 is 0 Å². The number of nitrogens with one attached hydrogen (secondary N) is 1. The molecule has 1 rings (SSSR count). The molecule has 0 aromatic heterocycles. The second kappa shape index (κ2) is 7.15. The molecule has 2 atom stereocenters. The lowest BCUT2D eigenvalue weighted by atomic mass is 10.0. The fourth-order valence-corrected chi connectivity index (χ4v) is 1.96. The molecule has 1 aromatic rings. The summed E-state index contributed by atoms with van der Waals surface area (Å²) in [5, 5.41) is 3.24. The first kappa shape index (κ1) is 14.7. The molecule has 0 heterocycles. The van der Waals surface area contributed by atoms with Gasteiger partial charge in [0.05, 0.1) is 6.04 Å². The smallest absolute Gasteiger partial charge is 0.128 e. The lowest BCUT2D eigenvalue weighted by Crippen LogP contribution is -2.36. The molecule has 0 aliphatic rings. The second-order valence-corrected chi connectivity index (χ2v) is 4.49. The van der Waals surface area contributed by atoms with E-state index in [0.29, 0.717) is 12.1 Å². The van der Waals surface area contributed by atoms with Gasteiger partial charge in [0.15, 0.2) is 0 Å². The predicted octanol–water partition coefficient (Wildman–Crippen LogP) is 2.53. The van der Waals surface area contributed by atoms with E-state index in [0.717, 1.165) is 18.4 Å². The Morgan fingerprint density at radius 3 is 2.78 bits per heavy atom. The van der Waals surface area contributed by atoms with Crippen LogP contribution in [0.25, 0.3) is 0 Å². The maximum Gasteiger partial charge on any atom is 0.128 e. The molecule has 0 radical (unpaired) electrons. The van der Waals surface area contributed by atoms with E-state index < -0.39 is 0 Å². The Morgan fingerprint density at radius 1 is 1.50 bits per heavy atom. The molecule has 0 saturated heterocycles. The lowest BCUT2D eigenvalue weighted by molar-refractivity contribution is 0.458. The molecule has 0 fully saturated rings. The number of benzene rings is 1. The highest BCUT2D eigenvalue weighted by atomic mass is 19.1. The number of rotatable bonds is 6. The van der Waals surface area contributed by atoms with E-state index in [4.69, 9.17) is 12.2 Å². The molecule has 3 N–H and O–H groups in total. The highest BCUT2D eigenvalue weighted by molar-refractivity contribution is 5.27. The van der Waals surface area contributed by atoms with Crippen molar-refractivity contribution in [3.8, 4) is 12.3 Å². The minimum absolute atomic E-state index is 0.0662. The third-order valence-corrected chi connectivity index (χ3v) is 2.94. The van der Waals surface area contributed by atoms with Crippen molar-refractivity contribution >= 4 is 0 Å². The summed E-state index contributed by atoms with van der Waals surface area (Å²) in [5.41, 5.74) is 7.33. The van der Waals surface area contributed by atoms with E-state index >= 15 is 0 Å². The van der Waals surface area contributed by atoms with E-state index in [-0.39, 0.29) is 17.9 Å². The first-order valence-electron chi connectivity index (χ1n) is 6.30. The first-order valence-corrected chi connectivity index (χ1v) is 6.30. The van der Waals surface area contributed by atoms with Crippen molar-refractivity contribution in [2.75, 3.05) is 6.54 Å². The van der Waals surface area contributed by atoms with Crippen LogP contribution in [-0.4, -0.2) is 12.6 Å². The van der Waals surface area contributed by atoms with E-state index in [1.54, 1.807) is 6.07 Å². The van der Waals surface area contributed by atoms with Gasteiger partial charge in [-0.05, 0) is 19.4 Å². The van der Waals surface area contributed by atoms with Crippen LogP contribution in [0, 0.1) is 25.1 Å². The van der Waals surface area contributed by atoms with Gasteiger partial charge in [-0.2, -0.15) is 0 Å². The van der Waals surface area contributed by atoms with Crippen LogP contribution < -0.4 is 11.1 Å². The third-order valence-electron chi connectivity index (χ3n) is 2.94. The summed E-state index contributed by atoms with van der Waals surface area (Å²) < 4.78 is 13.8. The Hall–Kier alpha value is -1.37. The van der Waals surface area contributed by atoms with Gasteiger partial charge in [-0.25, -0.2) is 4.39 Å². The Bertz CT molecular complexity index is 423. The molecular weight excluding hydrogens is 227 g/mol. The van der Waals surface area contributed by atoms with Crippen molar-refractivity contribution in [3.63, 3.8) is 0 Å². The molecule has 0 saturated carbocycles. The molecule has 2 nitrogen and oxygen atoms in total. The van der Waals surface area contributed by atoms with Gasteiger partial charge in [-0.15, -0.1) is 6.42 Å². The summed E-state index contributed by atoms with van der Waals surface area (Å²) in [7, 11) is 0. The van der Waals surface area contributed by atoms with E-state index in [9.17, 15) is 4.39 Å². The predicted molar refractivity (Wildman–Crippen MR) is 73.6 cm³/mol. The van der Waals surface area contributed by atoms with Gasteiger partial charge in [0.2, 0.25) is 0 Å². The van der Waals surface area contributed by atoms with Gasteiger partial charge in [0.25, 0.3) is 0 Å². The molecule has 2 unspecified atom stereocenters. The Kier molecular flexibility index (Phi) is 5.84. The van der Waals surface area contributed by atoms with Crippen molar-refractivity contribution in [1.82, 2.24) is 5.32 Å². The number of hydrogen-bond donors (Lipinski definition) is 2. The van der Waals surface area contributed by atoms with Gasteiger partial charge in [-0.1, -0.05) is 37.0 Å². The summed E-state index contributed by atoms with van der Waals surface area (Å²) in [6.45, 7) is 4.32. The lowest BCUT2D eigenvalue weighted by Gasteiger charge is -2.22. The van der Waals surface area contributed by atoms with E-state index in [1.807, 2.05) is 13.0 Å². The van der Waals surface area contributed by atoms with Gasteiger partial charge in [0.1, 0.15) is 5.82 Å². The SMILES string of the molecule is C#CC(CCC)NC(CN)c1cc(C)ccc1F. The Labute approximate surface area is 109 Å². The normalized spacial score (nSPS) is 13.9. The minimum atomic E-state index is -0.240. The molecule has 0 amide bonds. The largest absolute Gasteiger partial charge is 0.329 e. The topological polar surface area (TPSA) is 38.0 Å². The summed E-state index contributed by atoms with van der Waals surface area (Å²) in [5.74, 6) is 2.44. The molecule has 0 aliphatic carbocycles. The minimum Gasteiger partial charge on any atom is -0.329 e. The molecule has 98 valence electrons. The van der Waals surface area contributed by atoms with Crippen molar-refractivity contribution < 1.29 is 4.39 Å². The van der Waals surface area contributed by atoms with Crippen LogP contribution >= 0.6 is 0 Å². The first-order chi connectivity index (χ1) is 8.62. The molecule has 18 heavy (non-hydrogen) atoms. The standard InChI is InChI=1S/C15H21FN2/c1-4-6-12(5-2)18-15(10-17)13-9-11(3)7-8-14(13)16/h2,7-9,12,15,18H,4,6,10,17H2,1,3H3. The van der Waals surface area contributed by atoms with Crippen LogP contribution in [0.15, 0.2) is 18.2 Å². The van der Waals surface area contributed by atoms with Crippen molar-refractivity contribution in [3.05, 3.63) is 35.1 Å². The number of nitrogens with two attached hydrogens (primary N) is 1. The van der Waals surface area contributed by atoms with Crippen molar-refractivity contribution in [1.29, 1.82) is 0 Å². The Morgan fingerprint density at radius 2 is 2.22 bits per heavy atom. The van der Waals surface area contributed by atoms with E-state index in [2.05, 4.69) is 18.2 Å². The average Bonchev–Trinajstić information content (AvgIpc) is 2.37. The maximum absolute atomic E-state index is 13.8. The average molecular weight is 248 g/mol. The van der Waals surface area contributed by atoms with Crippen LogP contribution in [0.2, 0.25) is 0 Å². The van der Waals surface area contributed by atoms with Crippen LogP contribution in [-0.2, 0) is 0 Å². The molecule has 1 aromatic carbocycles. The summed E-state index contributed by atoms with van der Waals surface area (Å²) >= 11 is 0. The fourth-order valence-electron chi connectivity index (χ4n) is 1.96. The van der Waals surface area contributed by atoms with E-state index in [1.165, 1.54) is 6.07 Å². The maximum atomic E-state index is 13.8. The number of halogens is 1. The molecule has 0 spiro atoms. The van der Waals surface area contributed by atoms with Crippen LogP contribution in [0.3, 0.4) is 0 Å². The third kappa shape index (κ3) is 3.83. The number of aryl methyl sites for hydroxylation is 1. The monoisotopic (exact) mass is 248 g/mol. The van der Waals surface area contributed by atoms with Gasteiger partial charge in [-0.3, -0.25) is 5.32 Å². The highest BCUT2D eigenvalue weighted by Gasteiger charge is 2.17. The quantitative estimate of drug-likeness (QED) is 0.759. The van der Waals surface area contributed by atoms with Crippen molar-refractivity contribution in [2.45, 2.75) is 38.8 Å². The highest BCUT2D eigenvalue weighted by Crippen LogP contribution is 2.19. The van der Waals surface area contributed by atoms with Crippen LogP contribution in [0.5, 0.6) is 0 Å².